The standard InChI is InChI=1S/C11H18FNO2/c1-7-8(12)5-6-9(7)13-10(14)15-11(2,3)4/h9H,5-6H2,1-4H3,(H,13,14). The lowest BCUT2D eigenvalue weighted by atomic mass is 10.1. The summed E-state index contributed by atoms with van der Waals surface area (Å²) in [4.78, 5) is 11.4. The van der Waals surface area contributed by atoms with Crippen LogP contribution >= 0.6 is 0 Å². The van der Waals surface area contributed by atoms with E-state index < -0.39 is 11.7 Å². The summed E-state index contributed by atoms with van der Waals surface area (Å²) in [5.74, 6) is -0.115. The highest BCUT2D eigenvalue weighted by Crippen LogP contribution is 2.27. The van der Waals surface area contributed by atoms with Gasteiger partial charge in [-0.15, -0.1) is 0 Å². The lowest BCUT2D eigenvalue weighted by molar-refractivity contribution is 0.0512. The largest absolute Gasteiger partial charge is 0.444 e. The van der Waals surface area contributed by atoms with Gasteiger partial charge in [0.2, 0.25) is 0 Å². The van der Waals surface area contributed by atoms with Gasteiger partial charge in [0, 0.05) is 6.42 Å². The fourth-order valence-corrected chi connectivity index (χ4v) is 1.50. The number of carbonyl (C=O) groups is 1. The molecule has 1 amide bonds. The van der Waals surface area contributed by atoms with Gasteiger partial charge in [0.05, 0.1) is 6.04 Å². The Labute approximate surface area is 89.7 Å². The van der Waals surface area contributed by atoms with Crippen molar-refractivity contribution in [3.8, 4) is 0 Å². The number of halogens is 1. The van der Waals surface area contributed by atoms with E-state index in [1.165, 1.54) is 0 Å². The molecule has 0 saturated heterocycles. The van der Waals surface area contributed by atoms with E-state index >= 15 is 0 Å². The number of nitrogens with one attached hydrogen (secondary N) is 1. The normalized spacial score (nSPS) is 21.8. The minimum Gasteiger partial charge on any atom is -0.444 e. The third kappa shape index (κ3) is 3.53. The molecule has 0 aromatic carbocycles. The van der Waals surface area contributed by atoms with Crippen LogP contribution in [0.2, 0.25) is 0 Å². The lowest BCUT2D eigenvalue weighted by Crippen LogP contribution is -2.38. The van der Waals surface area contributed by atoms with Crippen LogP contribution < -0.4 is 5.32 Å². The Kier molecular flexibility index (Phi) is 3.37. The SMILES string of the molecule is CC1=C(F)CCC1NC(=O)OC(C)(C)C. The molecule has 1 atom stereocenters. The van der Waals surface area contributed by atoms with Crippen molar-refractivity contribution < 1.29 is 13.9 Å². The Morgan fingerprint density at radius 2 is 2.13 bits per heavy atom. The summed E-state index contributed by atoms with van der Waals surface area (Å²) in [6.45, 7) is 7.09. The zero-order valence-electron chi connectivity index (χ0n) is 9.69. The van der Waals surface area contributed by atoms with Crippen molar-refractivity contribution in [1.29, 1.82) is 0 Å². The third-order valence-corrected chi connectivity index (χ3v) is 2.29. The summed E-state index contributed by atoms with van der Waals surface area (Å²) in [7, 11) is 0. The molecule has 0 spiro atoms. The highest BCUT2D eigenvalue weighted by Gasteiger charge is 2.26. The van der Waals surface area contributed by atoms with E-state index in [1.54, 1.807) is 27.7 Å². The van der Waals surface area contributed by atoms with Crippen LogP contribution in [0.4, 0.5) is 9.18 Å². The summed E-state index contributed by atoms with van der Waals surface area (Å²) in [5.41, 5.74) is 0.0969. The monoisotopic (exact) mass is 215 g/mol. The zero-order valence-corrected chi connectivity index (χ0v) is 9.69. The van der Waals surface area contributed by atoms with Crippen molar-refractivity contribution in [3.63, 3.8) is 0 Å². The molecule has 0 fully saturated rings. The molecule has 0 heterocycles. The maximum atomic E-state index is 13.0. The van der Waals surface area contributed by atoms with E-state index in [0.717, 1.165) is 0 Å². The molecular formula is C11H18FNO2. The second kappa shape index (κ2) is 4.21. The first-order valence-corrected chi connectivity index (χ1v) is 5.14. The van der Waals surface area contributed by atoms with E-state index in [-0.39, 0.29) is 11.9 Å². The molecule has 0 saturated carbocycles. The smallest absolute Gasteiger partial charge is 0.408 e. The predicted octanol–water partition coefficient (Wildman–Crippen LogP) is 2.92. The van der Waals surface area contributed by atoms with Crippen molar-refractivity contribution in [3.05, 3.63) is 11.4 Å². The van der Waals surface area contributed by atoms with Gasteiger partial charge in [-0.3, -0.25) is 0 Å². The molecule has 0 radical (unpaired) electrons. The Morgan fingerprint density at radius 3 is 2.53 bits per heavy atom. The highest BCUT2D eigenvalue weighted by molar-refractivity contribution is 5.68. The summed E-state index contributed by atoms with van der Waals surface area (Å²) >= 11 is 0. The minimum atomic E-state index is -0.515. The number of alkyl carbamates (subject to hydrolysis) is 1. The number of carbonyl (C=O) groups excluding carboxylic acids is 1. The molecule has 86 valence electrons. The molecule has 3 nitrogen and oxygen atoms in total. The molecule has 1 N–H and O–H groups in total. The maximum Gasteiger partial charge on any atom is 0.408 e. The van der Waals surface area contributed by atoms with Gasteiger partial charge in [-0.2, -0.15) is 0 Å². The van der Waals surface area contributed by atoms with Crippen LogP contribution in [-0.4, -0.2) is 17.7 Å². The van der Waals surface area contributed by atoms with Crippen LogP contribution in [0.1, 0.15) is 40.5 Å². The van der Waals surface area contributed by atoms with Crippen molar-refractivity contribution in [2.24, 2.45) is 0 Å². The average molecular weight is 215 g/mol. The van der Waals surface area contributed by atoms with Crippen LogP contribution in [0.25, 0.3) is 0 Å². The predicted molar refractivity (Wildman–Crippen MR) is 56.2 cm³/mol. The van der Waals surface area contributed by atoms with Crippen LogP contribution in [0.3, 0.4) is 0 Å². The molecule has 1 aliphatic rings. The number of hydrogen-bond donors (Lipinski definition) is 1. The Bertz CT molecular complexity index is 291. The summed E-state index contributed by atoms with van der Waals surface area (Å²) < 4.78 is 18.1. The van der Waals surface area contributed by atoms with Gasteiger partial charge in [-0.05, 0) is 39.7 Å². The number of amides is 1. The molecule has 0 aliphatic heterocycles. The van der Waals surface area contributed by atoms with Crippen LogP contribution in [0, 0.1) is 0 Å². The molecule has 1 unspecified atom stereocenters. The quantitative estimate of drug-likeness (QED) is 0.730. The fourth-order valence-electron chi connectivity index (χ4n) is 1.50. The van der Waals surface area contributed by atoms with Gasteiger partial charge in [0.25, 0.3) is 0 Å². The van der Waals surface area contributed by atoms with E-state index in [2.05, 4.69) is 5.32 Å². The average Bonchev–Trinajstić information content (AvgIpc) is 2.32. The molecule has 0 aromatic rings. The second-order valence-corrected chi connectivity index (χ2v) is 4.83. The number of allylic oxidation sites excluding steroid dienone is 1. The van der Waals surface area contributed by atoms with Gasteiger partial charge in [0.15, 0.2) is 0 Å². The highest BCUT2D eigenvalue weighted by atomic mass is 19.1. The molecule has 15 heavy (non-hydrogen) atoms. The van der Waals surface area contributed by atoms with Gasteiger partial charge in [-0.25, -0.2) is 9.18 Å². The van der Waals surface area contributed by atoms with Gasteiger partial charge in [0.1, 0.15) is 11.4 Å². The van der Waals surface area contributed by atoms with Crippen molar-refractivity contribution in [1.82, 2.24) is 5.32 Å². The Hall–Kier alpha value is -1.06. The van der Waals surface area contributed by atoms with E-state index in [9.17, 15) is 9.18 Å². The van der Waals surface area contributed by atoms with E-state index in [1.807, 2.05) is 0 Å². The molecular weight excluding hydrogens is 197 g/mol. The van der Waals surface area contributed by atoms with Crippen molar-refractivity contribution in [2.45, 2.75) is 52.2 Å². The van der Waals surface area contributed by atoms with E-state index in [4.69, 9.17) is 4.74 Å². The summed E-state index contributed by atoms with van der Waals surface area (Å²) in [6.07, 6.45) is 0.546. The first-order valence-electron chi connectivity index (χ1n) is 5.14. The van der Waals surface area contributed by atoms with Crippen LogP contribution in [0.5, 0.6) is 0 Å². The number of rotatable bonds is 1. The van der Waals surface area contributed by atoms with Crippen molar-refractivity contribution in [2.75, 3.05) is 0 Å². The Balaban J connectivity index is 2.47. The third-order valence-electron chi connectivity index (χ3n) is 2.29. The second-order valence-electron chi connectivity index (χ2n) is 4.83. The van der Waals surface area contributed by atoms with Gasteiger partial charge >= 0.3 is 6.09 Å². The van der Waals surface area contributed by atoms with Gasteiger partial charge in [-0.1, -0.05) is 0 Å². The first kappa shape index (κ1) is 12.0. The van der Waals surface area contributed by atoms with Crippen molar-refractivity contribution >= 4 is 6.09 Å². The maximum absolute atomic E-state index is 13.0. The van der Waals surface area contributed by atoms with Gasteiger partial charge < -0.3 is 10.1 Å². The summed E-state index contributed by atoms with van der Waals surface area (Å²) in [6, 6.07) is -0.208. The summed E-state index contributed by atoms with van der Waals surface area (Å²) in [5, 5.41) is 2.66. The molecule has 4 heteroatoms. The van der Waals surface area contributed by atoms with Crippen LogP contribution in [-0.2, 0) is 4.74 Å². The molecule has 0 bridgehead atoms. The number of hydrogen-bond acceptors (Lipinski definition) is 2. The number of ether oxygens (including phenoxy) is 1. The molecule has 1 rings (SSSR count). The topological polar surface area (TPSA) is 38.3 Å². The molecule has 0 aromatic heterocycles. The van der Waals surface area contributed by atoms with Crippen LogP contribution in [0.15, 0.2) is 11.4 Å². The van der Waals surface area contributed by atoms with E-state index in [0.29, 0.717) is 18.4 Å². The Morgan fingerprint density at radius 1 is 1.53 bits per heavy atom. The lowest BCUT2D eigenvalue weighted by Gasteiger charge is -2.22. The molecule has 1 aliphatic carbocycles. The zero-order chi connectivity index (χ0) is 11.6. The first-order chi connectivity index (χ1) is 6.79. The minimum absolute atomic E-state index is 0.115. The fraction of sp³-hybridized carbons (Fsp3) is 0.727.